The second kappa shape index (κ2) is 7.98. The highest BCUT2D eigenvalue weighted by Gasteiger charge is 2.04. The molecule has 0 bridgehead atoms. The number of hydrogen-bond acceptors (Lipinski definition) is 4. The van der Waals surface area contributed by atoms with Crippen LogP contribution in [0.15, 0.2) is 48.5 Å². The average molecular weight is 312 g/mol. The molecule has 120 valence electrons. The maximum Gasteiger partial charge on any atom is 0.243 e. The molecule has 0 aliphatic heterocycles. The van der Waals surface area contributed by atoms with Crippen LogP contribution in [0.4, 0.5) is 11.4 Å². The van der Waals surface area contributed by atoms with E-state index in [4.69, 9.17) is 4.74 Å². The predicted molar refractivity (Wildman–Crippen MR) is 91.2 cm³/mol. The molecule has 1 amide bonds. The Morgan fingerprint density at radius 1 is 1.04 bits per heavy atom. The van der Waals surface area contributed by atoms with E-state index in [1.165, 1.54) is 6.92 Å². The van der Waals surface area contributed by atoms with E-state index < -0.39 is 0 Å². The van der Waals surface area contributed by atoms with Crippen molar-refractivity contribution < 1.29 is 14.3 Å². The van der Waals surface area contributed by atoms with Crippen molar-refractivity contribution in [2.45, 2.75) is 13.8 Å². The lowest BCUT2D eigenvalue weighted by molar-refractivity contribution is -0.114. The van der Waals surface area contributed by atoms with Crippen LogP contribution < -0.4 is 15.4 Å². The van der Waals surface area contributed by atoms with Crippen molar-refractivity contribution in [3.05, 3.63) is 54.1 Å². The van der Waals surface area contributed by atoms with Gasteiger partial charge in [-0.05, 0) is 50.2 Å². The van der Waals surface area contributed by atoms with E-state index in [-0.39, 0.29) is 18.2 Å². The summed E-state index contributed by atoms with van der Waals surface area (Å²) in [7, 11) is 0. The summed E-state index contributed by atoms with van der Waals surface area (Å²) in [5.74, 6) is 0.597. The quantitative estimate of drug-likeness (QED) is 0.770. The Labute approximate surface area is 135 Å². The molecule has 2 N–H and O–H groups in total. The highest BCUT2D eigenvalue weighted by molar-refractivity contribution is 5.96. The average Bonchev–Trinajstić information content (AvgIpc) is 2.55. The van der Waals surface area contributed by atoms with Gasteiger partial charge in [-0.25, -0.2) is 0 Å². The summed E-state index contributed by atoms with van der Waals surface area (Å²) in [4.78, 5) is 23.3. The van der Waals surface area contributed by atoms with Gasteiger partial charge in [-0.1, -0.05) is 12.1 Å². The van der Waals surface area contributed by atoms with Gasteiger partial charge in [-0.2, -0.15) is 0 Å². The summed E-state index contributed by atoms with van der Waals surface area (Å²) in [5.41, 5.74) is 2.05. The first-order chi connectivity index (χ1) is 11.1. The lowest BCUT2D eigenvalue weighted by atomic mass is 10.1. The third kappa shape index (κ3) is 5.14. The van der Waals surface area contributed by atoms with Crippen molar-refractivity contribution in [1.29, 1.82) is 0 Å². The minimum absolute atomic E-state index is 0.00695. The molecule has 0 aliphatic carbocycles. The summed E-state index contributed by atoms with van der Waals surface area (Å²) in [6, 6.07) is 14.3. The van der Waals surface area contributed by atoms with Crippen molar-refractivity contribution in [2.75, 3.05) is 23.8 Å². The van der Waals surface area contributed by atoms with Crippen molar-refractivity contribution in [3.8, 4) is 5.75 Å². The third-order valence-corrected chi connectivity index (χ3v) is 3.17. The van der Waals surface area contributed by atoms with Crippen LogP contribution in [-0.2, 0) is 4.79 Å². The van der Waals surface area contributed by atoms with Crippen LogP contribution in [0.2, 0.25) is 0 Å². The molecule has 0 radical (unpaired) electrons. The smallest absolute Gasteiger partial charge is 0.243 e. The monoisotopic (exact) mass is 312 g/mol. The molecule has 0 saturated heterocycles. The molecule has 0 aliphatic rings. The largest absolute Gasteiger partial charge is 0.494 e. The van der Waals surface area contributed by atoms with Gasteiger partial charge in [0.25, 0.3) is 0 Å². The van der Waals surface area contributed by atoms with Crippen molar-refractivity contribution in [1.82, 2.24) is 0 Å². The first-order valence-electron chi connectivity index (χ1n) is 7.46. The number of carbonyl (C=O) groups is 2. The number of ether oxygens (including phenoxy) is 1. The van der Waals surface area contributed by atoms with Crippen molar-refractivity contribution >= 4 is 23.1 Å². The maximum atomic E-state index is 11.9. The molecule has 0 atom stereocenters. The Morgan fingerprint density at radius 2 is 1.78 bits per heavy atom. The summed E-state index contributed by atoms with van der Waals surface area (Å²) in [6.07, 6.45) is 0. The topological polar surface area (TPSA) is 67.4 Å². The molecule has 2 aromatic carbocycles. The van der Waals surface area contributed by atoms with E-state index in [1.807, 2.05) is 25.1 Å². The van der Waals surface area contributed by atoms with Gasteiger partial charge in [-0.3, -0.25) is 9.59 Å². The first kappa shape index (κ1) is 16.5. The van der Waals surface area contributed by atoms with Crippen LogP contribution in [-0.4, -0.2) is 24.8 Å². The molecular formula is C18H20N2O3. The van der Waals surface area contributed by atoms with Gasteiger partial charge in [0, 0.05) is 16.9 Å². The molecule has 2 aromatic rings. The Balaban J connectivity index is 1.87. The van der Waals surface area contributed by atoms with E-state index in [2.05, 4.69) is 10.6 Å². The van der Waals surface area contributed by atoms with E-state index in [0.29, 0.717) is 17.9 Å². The second-order valence-electron chi connectivity index (χ2n) is 5.00. The van der Waals surface area contributed by atoms with Gasteiger partial charge in [0.2, 0.25) is 5.91 Å². The molecule has 5 nitrogen and oxygen atoms in total. The minimum atomic E-state index is -0.164. The van der Waals surface area contributed by atoms with E-state index in [9.17, 15) is 9.59 Å². The van der Waals surface area contributed by atoms with Crippen LogP contribution in [0.25, 0.3) is 0 Å². The number of ketones is 1. The number of nitrogens with one attached hydrogen (secondary N) is 2. The zero-order chi connectivity index (χ0) is 16.7. The second-order valence-corrected chi connectivity index (χ2v) is 5.00. The molecule has 0 aromatic heterocycles. The Bertz CT molecular complexity index is 681. The minimum Gasteiger partial charge on any atom is -0.494 e. The Kier molecular flexibility index (Phi) is 5.74. The number of carbonyl (C=O) groups excluding carboxylic acids is 2. The molecular weight excluding hydrogens is 292 g/mol. The fourth-order valence-corrected chi connectivity index (χ4v) is 2.04. The van der Waals surface area contributed by atoms with Crippen LogP contribution >= 0.6 is 0 Å². The zero-order valence-electron chi connectivity index (χ0n) is 13.3. The number of rotatable bonds is 7. The van der Waals surface area contributed by atoms with Crippen LogP contribution in [0.5, 0.6) is 5.75 Å². The zero-order valence-corrected chi connectivity index (χ0v) is 13.3. The maximum absolute atomic E-state index is 11.9. The van der Waals surface area contributed by atoms with Gasteiger partial charge in [0.15, 0.2) is 5.78 Å². The SMILES string of the molecule is CCOc1ccc(NC(=O)CNc2cccc(C(C)=O)c2)cc1. The van der Waals surface area contributed by atoms with Gasteiger partial charge in [0.05, 0.1) is 13.2 Å². The van der Waals surface area contributed by atoms with Crippen LogP contribution in [0.3, 0.4) is 0 Å². The molecule has 23 heavy (non-hydrogen) atoms. The lowest BCUT2D eigenvalue weighted by Gasteiger charge is -2.09. The fraction of sp³-hybridized carbons (Fsp3) is 0.222. The molecule has 2 rings (SSSR count). The summed E-state index contributed by atoms with van der Waals surface area (Å²) in [6.45, 7) is 4.16. The van der Waals surface area contributed by atoms with Crippen molar-refractivity contribution in [2.24, 2.45) is 0 Å². The molecule has 5 heteroatoms. The summed E-state index contributed by atoms with van der Waals surface area (Å²) < 4.78 is 5.35. The van der Waals surface area contributed by atoms with E-state index in [0.717, 1.165) is 11.4 Å². The normalized spacial score (nSPS) is 10.0. The van der Waals surface area contributed by atoms with Gasteiger partial charge < -0.3 is 15.4 Å². The number of anilines is 2. The lowest BCUT2D eigenvalue weighted by Crippen LogP contribution is -2.21. The van der Waals surface area contributed by atoms with Crippen LogP contribution in [0, 0.1) is 0 Å². The highest BCUT2D eigenvalue weighted by atomic mass is 16.5. The summed E-state index contributed by atoms with van der Waals surface area (Å²) >= 11 is 0. The molecule has 0 heterocycles. The third-order valence-electron chi connectivity index (χ3n) is 3.17. The van der Waals surface area contributed by atoms with Gasteiger partial charge >= 0.3 is 0 Å². The van der Waals surface area contributed by atoms with Crippen LogP contribution in [0.1, 0.15) is 24.2 Å². The molecule has 0 saturated carbocycles. The highest BCUT2D eigenvalue weighted by Crippen LogP contribution is 2.15. The van der Waals surface area contributed by atoms with E-state index >= 15 is 0 Å². The predicted octanol–water partition coefficient (Wildman–Crippen LogP) is 3.34. The van der Waals surface area contributed by atoms with Gasteiger partial charge in [-0.15, -0.1) is 0 Å². The number of hydrogen-bond donors (Lipinski definition) is 2. The van der Waals surface area contributed by atoms with Gasteiger partial charge in [0.1, 0.15) is 5.75 Å². The molecule has 0 fully saturated rings. The summed E-state index contributed by atoms with van der Waals surface area (Å²) in [5, 5.41) is 5.80. The standard InChI is InChI=1S/C18H20N2O3/c1-3-23-17-9-7-15(8-10-17)20-18(22)12-19-16-6-4-5-14(11-16)13(2)21/h4-11,19H,3,12H2,1-2H3,(H,20,22). The molecule has 0 spiro atoms. The number of benzene rings is 2. The Morgan fingerprint density at radius 3 is 2.43 bits per heavy atom. The fourth-order valence-electron chi connectivity index (χ4n) is 2.04. The number of amides is 1. The first-order valence-corrected chi connectivity index (χ1v) is 7.46. The molecule has 0 unspecified atom stereocenters. The number of Topliss-reactive ketones (excluding diaryl/α,β-unsaturated/α-hetero) is 1. The Hall–Kier alpha value is -2.82. The van der Waals surface area contributed by atoms with Crippen molar-refractivity contribution in [3.63, 3.8) is 0 Å². The van der Waals surface area contributed by atoms with E-state index in [1.54, 1.807) is 30.3 Å².